The van der Waals surface area contributed by atoms with Crippen molar-refractivity contribution in [3.8, 4) is 11.1 Å². The van der Waals surface area contributed by atoms with Gasteiger partial charge in [0.2, 0.25) is 0 Å². The fourth-order valence-electron chi connectivity index (χ4n) is 2.90. The molecule has 0 unspecified atom stereocenters. The van der Waals surface area contributed by atoms with E-state index >= 15 is 0 Å². The highest BCUT2D eigenvalue weighted by Crippen LogP contribution is 2.22. The third-order valence-electron chi connectivity index (χ3n) is 4.36. The number of hydrogen-bond acceptors (Lipinski definition) is 4. The van der Waals surface area contributed by atoms with Gasteiger partial charge in [0, 0.05) is 30.4 Å². The Morgan fingerprint density at radius 1 is 0.900 bits per heavy atom. The zero-order chi connectivity index (χ0) is 21.7. The van der Waals surface area contributed by atoms with Gasteiger partial charge in [0.25, 0.3) is 17.4 Å². The SMILES string of the molecule is CNC(=O)c1cccc(-c2cccc(C(=O)Nc3ccc(=O)n(CC(=O)O)c3)c2)c1. The van der Waals surface area contributed by atoms with Crippen molar-refractivity contribution < 1.29 is 19.5 Å². The number of aromatic nitrogens is 1. The zero-order valence-electron chi connectivity index (χ0n) is 16.1. The van der Waals surface area contributed by atoms with Crippen molar-refractivity contribution in [1.82, 2.24) is 9.88 Å². The summed E-state index contributed by atoms with van der Waals surface area (Å²) in [4.78, 5) is 47.1. The molecule has 0 fully saturated rings. The minimum Gasteiger partial charge on any atom is -0.480 e. The van der Waals surface area contributed by atoms with E-state index in [4.69, 9.17) is 5.11 Å². The number of aliphatic carboxylic acids is 1. The lowest BCUT2D eigenvalue weighted by atomic mass is 10.0. The van der Waals surface area contributed by atoms with E-state index in [2.05, 4.69) is 10.6 Å². The predicted molar refractivity (Wildman–Crippen MR) is 112 cm³/mol. The number of amides is 2. The molecule has 0 spiro atoms. The van der Waals surface area contributed by atoms with Gasteiger partial charge < -0.3 is 20.3 Å². The smallest absolute Gasteiger partial charge is 0.323 e. The summed E-state index contributed by atoms with van der Waals surface area (Å²) in [6.07, 6.45) is 1.28. The highest BCUT2D eigenvalue weighted by molar-refractivity contribution is 6.05. The quantitative estimate of drug-likeness (QED) is 0.581. The summed E-state index contributed by atoms with van der Waals surface area (Å²) in [5.41, 5.74) is 2.23. The largest absolute Gasteiger partial charge is 0.480 e. The van der Waals surface area contributed by atoms with E-state index in [0.717, 1.165) is 15.7 Å². The second-order valence-corrected chi connectivity index (χ2v) is 6.47. The summed E-state index contributed by atoms with van der Waals surface area (Å²) in [5.74, 6) is -1.78. The number of nitrogens with zero attached hydrogens (tertiary/aromatic N) is 1. The van der Waals surface area contributed by atoms with Gasteiger partial charge in [-0.3, -0.25) is 19.2 Å². The van der Waals surface area contributed by atoms with Crippen molar-refractivity contribution in [2.75, 3.05) is 12.4 Å². The first-order chi connectivity index (χ1) is 14.4. The van der Waals surface area contributed by atoms with Crippen molar-refractivity contribution in [3.05, 3.63) is 88.3 Å². The lowest BCUT2D eigenvalue weighted by molar-refractivity contribution is -0.137. The predicted octanol–water partition coefficient (Wildman–Crippen LogP) is 2.21. The molecule has 3 rings (SSSR count). The Labute approximate surface area is 171 Å². The first-order valence-corrected chi connectivity index (χ1v) is 9.03. The van der Waals surface area contributed by atoms with Gasteiger partial charge in [-0.25, -0.2) is 0 Å². The molecule has 0 aliphatic carbocycles. The molecule has 1 aromatic heterocycles. The second-order valence-electron chi connectivity index (χ2n) is 6.47. The molecule has 3 aromatic rings. The van der Waals surface area contributed by atoms with E-state index in [1.165, 1.54) is 18.3 Å². The molecule has 8 heteroatoms. The monoisotopic (exact) mass is 405 g/mol. The van der Waals surface area contributed by atoms with Crippen LogP contribution >= 0.6 is 0 Å². The summed E-state index contributed by atoms with van der Waals surface area (Å²) < 4.78 is 0.999. The Morgan fingerprint density at radius 2 is 1.50 bits per heavy atom. The minimum atomic E-state index is -1.16. The van der Waals surface area contributed by atoms with Crippen molar-refractivity contribution in [2.45, 2.75) is 6.54 Å². The van der Waals surface area contributed by atoms with Gasteiger partial charge in [0.15, 0.2) is 0 Å². The summed E-state index contributed by atoms with van der Waals surface area (Å²) in [6, 6.07) is 16.5. The number of hydrogen-bond donors (Lipinski definition) is 3. The van der Waals surface area contributed by atoms with Crippen LogP contribution in [0.1, 0.15) is 20.7 Å². The van der Waals surface area contributed by atoms with Crippen LogP contribution in [-0.2, 0) is 11.3 Å². The topological polar surface area (TPSA) is 118 Å². The molecule has 0 aliphatic heterocycles. The normalized spacial score (nSPS) is 10.3. The molecule has 2 amide bonds. The molecule has 8 nitrogen and oxygen atoms in total. The molecule has 0 atom stereocenters. The van der Waals surface area contributed by atoms with Crippen molar-refractivity contribution in [3.63, 3.8) is 0 Å². The molecule has 0 saturated heterocycles. The summed E-state index contributed by atoms with van der Waals surface area (Å²) in [7, 11) is 1.56. The summed E-state index contributed by atoms with van der Waals surface area (Å²) in [5, 5.41) is 14.1. The molecule has 0 radical (unpaired) electrons. The molecule has 152 valence electrons. The zero-order valence-corrected chi connectivity index (χ0v) is 16.1. The van der Waals surface area contributed by atoms with Crippen molar-refractivity contribution >= 4 is 23.5 Å². The number of anilines is 1. The van der Waals surface area contributed by atoms with Crippen LogP contribution in [0, 0.1) is 0 Å². The number of nitrogens with one attached hydrogen (secondary N) is 2. The maximum absolute atomic E-state index is 12.7. The molecule has 0 bridgehead atoms. The number of pyridine rings is 1. The van der Waals surface area contributed by atoms with Crippen LogP contribution in [0.5, 0.6) is 0 Å². The standard InChI is InChI=1S/C22H19N3O5/c1-23-21(29)16-6-2-4-14(10-16)15-5-3-7-17(11-15)22(30)24-18-8-9-19(26)25(12-18)13-20(27)28/h2-12H,13H2,1H3,(H,23,29)(H,24,30)(H,27,28). The van der Waals surface area contributed by atoms with Crippen LogP contribution in [0.3, 0.4) is 0 Å². The fraction of sp³-hybridized carbons (Fsp3) is 0.0909. The van der Waals surface area contributed by atoms with E-state index in [-0.39, 0.29) is 5.91 Å². The molecule has 2 aromatic carbocycles. The molecule has 1 heterocycles. The fourth-order valence-corrected chi connectivity index (χ4v) is 2.90. The van der Waals surface area contributed by atoms with Gasteiger partial charge in [-0.1, -0.05) is 24.3 Å². The third kappa shape index (κ3) is 4.79. The number of rotatable bonds is 6. The van der Waals surface area contributed by atoms with Crippen molar-refractivity contribution in [2.24, 2.45) is 0 Å². The maximum atomic E-state index is 12.7. The van der Waals surface area contributed by atoms with Gasteiger partial charge in [0.1, 0.15) is 6.54 Å². The Morgan fingerprint density at radius 3 is 2.07 bits per heavy atom. The Hall–Kier alpha value is -4.20. The molecule has 3 N–H and O–H groups in total. The highest BCUT2D eigenvalue weighted by Gasteiger charge is 2.11. The van der Waals surface area contributed by atoms with E-state index < -0.39 is 24.0 Å². The van der Waals surface area contributed by atoms with E-state index in [9.17, 15) is 19.2 Å². The number of carboxylic acid groups (broad SMARTS) is 1. The average molecular weight is 405 g/mol. The number of carbonyl (C=O) groups is 3. The summed E-state index contributed by atoms with van der Waals surface area (Å²) >= 11 is 0. The summed E-state index contributed by atoms with van der Waals surface area (Å²) in [6.45, 7) is -0.500. The average Bonchev–Trinajstić information content (AvgIpc) is 2.75. The van der Waals surface area contributed by atoms with Crippen molar-refractivity contribution in [1.29, 1.82) is 0 Å². The third-order valence-corrected chi connectivity index (χ3v) is 4.36. The minimum absolute atomic E-state index is 0.206. The first-order valence-electron chi connectivity index (χ1n) is 9.03. The lowest BCUT2D eigenvalue weighted by Crippen LogP contribution is -2.24. The van der Waals surface area contributed by atoms with Gasteiger partial charge in [0.05, 0.1) is 5.69 Å². The van der Waals surface area contributed by atoms with Gasteiger partial charge in [-0.15, -0.1) is 0 Å². The molecular weight excluding hydrogens is 386 g/mol. The lowest BCUT2D eigenvalue weighted by Gasteiger charge is -2.10. The first kappa shape index (κ1) is 20.5. The highest BCUT2D eigenvalue weighted by atomic mass is 16.4. The van der Waals surface area contributed by atoms with Crippen LogP contribution in [0.25, 0.3) is 11.1 Å². The van der Waals surface area contributed by atoms with Crippen LogP contribution in [-0.4, -0.2) is 34.5 Å². The molecule has 30 heavy (non-hydrogen) atoms. The number of carboxylic acids is 1. The van der Waals surface area contributed by atoms with Gasteiger partial charge >= 0.3 is 5.97 Å². The molecule has 0 aliphatic rings. The van der Waals surface area contributed by atoms with Crippen LogP contribution in [0.4, 0.5) is 5.69 Å². The van der Waals surface area contributed by atoms with Crippen LogP contribution in [0.2, 0.25) is 0 Å². The van der Waals surface area contributed by atoms with E-state index in [1.807, 2.05) is 12.1 Å². The Balaban J connectivity index is 1.84. The Kier molecular flexibility index (Phi) is 6.07. The van der Waals surface area contributed by atoms with Crippen LogP contribution < -0.4 is 16.2 Å². The van der Waals surface area contributed by atoms with Gasteiger partial charge in [-0.2, -0.15) is 0 Å². The number of benzene rings is 2. The Bertz CT molecular complexity index is 1180. The van der Waals surface area contributed by atoms with E-state index in [1.54, 1.807) is 43.4 Å². The number of carbonyl (C=O) groups excluding carboxylic acids is 2. The van der Waals surface area contributed by atoms with Gasteiger partial charge in [-0.05, 0) is 41.5 Å². The molecule has 0 saturated carbocycles. The van der Waals surface area contributed by atoms with Crippen LogP contribution in [0.15, 0.2) is 71.7 Å². The maximum Gasteiger partial charge on any atom is 0.323 e. The molecular formula is C22H19N3O5. The van der Waals surface area contributed by atoms with E-state index in [0.29, 0.717) is 16.8 Å². The second kappa shape index (κ2) is 8.87.